The summed E-state index contributed by atoms with van der Waals surface area (Å²) in [5.74, 6) is 1.90. The van der Waals surface area contributed by atoms with Crippen LogP contribution >= 0.6 is 24.0 Å². The molecule has 1 heterocycles. The van der Waals surface area contributed by atoms with Crippen LogP contribution in [0.3, 0.4) is 0 Å². The van der Waals surface area contributed by atoms with Crippen LogP contribution in [-0.4, -0.2) is 58.9 Å². The summed E-state index contributed by atoms with van der Waals surface area (Å²) >= 11 is 0. The third-order valence-corrected chi connectivity index (χ3v) is 5.81. The average molecular weight is 502 g/mol. The van der Waals surface area contributed by atoms with E-state index in [9.17, 15) is 0 Å². The van der Waals surface area contributed by atoms with E-state index in [-0.39, 0.29) is 24.0 Å². The molecule has 2 aliphatic carbocycles. The number of nitrogens with one attached hydrogen (secondary N) is 2. The summed E-state index contributed by atoms with van der Waals surface area (Å²) in [5.41, 5.74) is 3.73. The second kappa shape index (κ2) is 10.8. The Kier molecular flexibility index (Phi) is 9.05. The van der Waals surface area contributed by atoms with Gasteiger partial charge >= 0.3 is 0 Å². The number of aromatic nitrogens is 2. The summed E-state index contributed by atoms with van der Waals surface area (Å²) in [4.78, 5) is 7.53. The van der Waals surface area contributed by atoms with Crippen molar-refractivity contribution >= 4 is 29.9 Å². The minimum absolute atomic E-state index is 0. The number of guanidine groups is 1. The van der Waals surface area contributed by atoms with Gasteiger partial charge in [0, 0.05) is 44.5 Å². The number of hydrogen-bond acceptors (Lipinski definition) is 3. The van der Waals surface area contributed by atoms with Gasteiger partial charge in [-0.05, 0) is 71.3 Å². The van der Waals surface area contributed by atoms with Gasteiger partial charge in [0.15, 0.2) is 5.96 Å². The first-order valence-electron chi connectivity index (χ1n) is 10.8. The van der Waals surface area contributed by atoms with E-state index in [1.165, 1.54) is 43.5 Å². The topological polar surface area (TPSA) is 57.5 Å². The van der Waals surface area contributed by atoms with Crippen molar-refractivity contribution in [1.29, 1.82) is 0 Å². The van der Waals surface area contributed by atoms with E-state index in [0.717, 1.165) is 49.7 Å². The molecule has 0 aliphatic heterocycles. The third-order valence-electron chi connectivity index (χ3n) is 5.81. The van der Waals surface area contributed by atoms with Gasteiger partial charge in [0.1, 0.15) is 0 Å². The molecule has 28 heavy (non-hydrogen) atoms. The van der Waals surface area contributed by atoms with E-state index in [4.69, 9.17) is 4.99 Å². The maximum atomic E-state index is 4.85. The van der Waals surface area contributed by atoms with Crippen LogP contribution in [0.5, 0.6) is 0 Å². The second-order valence-electron chi connectivity index (χ2n) is 8.45. The highest BCUT2D eigenvalue weighted by Crippen LogP contribution is 2.34. The van der Waals surface area contributed by atoms with Crippen LogP contribution < -0.4 is 10.6 Å². The minimum Gasteiger partial charge on any atom is -0.357 e. The van der Waals surface area contributed by atoms with Gasteiger partial charge < -0.3 is 10.6 Å². The fourth-order valence-electron chi connectivity index (χ4n) is 3.81. The molecule has 160 valence electrons. The van der Waals surface area contributed by atoms with Gasteiger partial charge in [-0.3, -0.25) is 14.6 Å². The van der Waals surface area contributed by atoms with Crippen LogP contribution in [0.4, 0.5) is 0 Å². The summed E-state index contributed by atoms with van der Waals surface area (Å²) in [7, 11) is 2.02. The van der Waals surface area contributed by atoms with Gasteiger partial charge in [-0.2, -0.15) is 5.10 Å². The lowest BCUT2D eigenvalue weighted by Crippen LogP contribution is -2.43. The SMILES string of the molecule is CCNC(=NCCN(CC1CC1)C1CC1)NC(C)Cc1c(C)nn(C)c1C.I. The van der Waals surface area contributed by atoms with Crippen LogP contribution in [-0.2, 0) is 13.5 Å². The fourth-order valence-corrected chi connectivity index (χ4v) is 3.81. The van der Waals surface area contributed by atoms with Gasteiger partial charge in [0.05, 0.1) is 12.2 Å². The molecular weight excluding hydrogens is 463 g/mol. The summed E-state index contributed by atoms with van der Waals surface area (Å²) in [6.07, 6.45) is 6.60. The Bertz CT molecular complexity index is 648. The average Bonchev–Trinajstić information content (AvgIpc) is 3.51. The molecule has 1 aromatic heterocycles. The number of aryl methyl sites for hydroxylation is 2. The van der Waals surface area contributed by atoms with Crippen molar-refractivity contribution in [2.24, 2.45) is 18.0 Å². The van der Waals surface area contributed by atoms with E-state index in [1.54, 1.807) is 0 Å². The third kappa shape index (κ3) is 6.90. The normalized spacial score (nSPS) is 18.1. The highest BCUT2D eigenvalue weighted by Gasteiger charge is 2.33. The summed E-state index contributed by atoms with van der Waals surface area (Å²) in [6.45, 7) is 12.7. The molecule has 0 saturated heterocycles. The predicted octanol–water partition coefficient (Wildman–Crippen LogP) is 3.02. The quantitative estimate of drug-likeness (QED) is 0.294. The van der Waals surface area contributed by atoms with Gasteiger partial charge in [0.2, 0.25) is 0 Å². The molecule has 1 unspecified atom stereocenters. The van der Waals surface area contributed by atoms with Gasteiger partial charge in [-0.15, -0.1) is 24.0 Å². The van der Waals surface area contributed by atoms with Crippen molar-refractivity contribution in [3.05, 3.63) is 17.0 Å². The minimum atomic E-state index is 0. The molecule has 6 nitrogen and oxygen atoms in total. The molecule has 0 aromatic carbocycles. The fraction of sp³-hybridized carbons (Fsp3) is 0.810. The Hall–Kier alpha value is -0.830. The molecule has 2 saturated carbocycles. The molecule has 0 radical (unpaired) electrons. The van der Waals surface area contributed by atoms with Crippen molar-refractivity contribution < 1.29 is 0 Å². The maximum absolute atomic E-state index is 4.85. The van der Waals surface area contributed by atoms with Crippen molar-refractivity contribution in [1.82, 2.24) is 25.3 Å². The van der Waals surface area contributed by atoms with Crippen molar-refractivity contribution in [3.8, 4) is 0 Å². The lowest BCUT2D eigenvalue weighted by molar-refractivity contribution is 0.260. The number of halogens is 1. The first-order valence-corrected chi connectivity index (χ1v) is 10.8. The Balaban J connectivity index is 0.00000280. The molecule has 2 N–H and O–H groups in total. The molecule has 2 fully saturated rings. The molecular formula is C21H39IN6. The second-order valence-corrected chi connectivity index (χ2v) is 8.45. The number of hydrogen-bond donors (Lipinski definition) is 2. The lowest BCUT2D eigenvalue weighted by Gasteiger charge is -2.22. The lowest BCUT2D eigenvalue weighted by atomic mass is 10.1. The molecule has 0 amide bonds. The molecule has 3 rings (SSSR count). The van der Waals surface area contributed by atoms with Crippen molar-refractivity contribution in [2.75, 3.05) is 26.2 Å². The van der Waals surface area contributed by atoms with E-state index in [1.807, 2.05) is 11.7 Å². The Morgan fingerprint density at radius 2 is 2.00 bits per heavy atom. The molecule has 7 heteroatoms. The summed E-state index contributed by atoms with van der Waals surface area (Å²) < 4.78 is 1.98. The Labute approximate surface area is 187 Å². The molecule has 0 bridgehead atoms. The molecule has 0 spiro atoms. The van der Waals surface area contributed by atoms with Gasteiger partial charge in [0.25, 0.3) is 0 Å². The van der Waals surface area contributed by atoms with Crippen LogP contribution in [0.1, 0.15) is 56.5 Å². The smallest absolute Gasteiger partial charge is 0.191 e. The van der Waals surface area contributed by atoms with Crippen LogP contribution in [0, 0.1) is 19.8 Å². The molecule has 1 atom stereocenters. The monoisotopic (exact) mass is 502 g/mol. The number of aliphatic imine (C=N–C) groups is 1. The van der Waals surface area contributed by atoms with E-state index in [2.05, 4.69) is 48.3 Å². The number of rotatable bonds is 10. The first kappa shape index (κ1) is 23.4. The van der Waals surface area contributed by atoms with Crippen LogP contribution in [0.15, 0.2) is 4.99 Å². The summed E-state index contributed by atoms with van der Waals surface area (Å²) in [5, 5.41) is 11.5. The highest BCUT2D eigenvalue weighted by atomic mass is 127. The zero-order chi connectivity index (χ0) is 19.4. The van der Waals surface area contributed by atoms with Crippen molar-refractivity contribution in [3.63, 3.8) is 0 Å². The standard InChI is InChI=1S/C21H38N6.HI/c1-6-22-21(23-11-12-27(19-9-10-19)14-18-7-8-18)24-15(2)13-20-16(3)25-26(5)17(20)4;/h15,18-19H,6-14H2,1-5H3,(H2,22,23,24);1H. The number of nitrogens with zero attached hydrogens (tertiary/aromatic N) is 4. The van der Waals surface area contributed by atoms with E-state index < -0.39 is 0 Å². The highest BCUT2D eigenvalue weighted by molar-refractivity contribution is 14.0. The Morgan fingerprint density at radius 1 is 1.29 bits per heavy atom. The summed E-state index contributed by atoms with van der Waals surface area (Å²) in [6, 6.07) is 1.15. The predicted molar refractivity (Wildman–Crippen MR) is 128 cm³/mol. The molecule has 1 aromatic rings. The maximum Gasteiger partial charge on any atom is 0.191 e. The van der Waals surface area contributed by atoms with Crippen LogP contribution in [0.25, 0.3) is 0 Å². The molecule has 2 aliphatic rings. The first-order chi connectivity index (χ1) is 13.0. The Morgan fingerprint density at radius 3 is 2.54 bits per heavy atom. The van der Waals surface area contributed by atoms with E-state index >= 15 is 0 Å². The zero-order valence-corrected chi connectivity index (χ0v) is 20.6. The van der Waals surface area contributed by atoms with Gasteiger partial charge in [-0.1, -0.05) is 0 Å². The zero-order valence-electron chi connectivity index (χ0n) is 18.3. The van der Waals surface area contributed by atoms with Crippen molar-refractivity contribution in [2.45, 2.75) is 71.9 Å². The van der Waals surface area contributed by atoms with Crippen LogP contribution in [0.2, 0.25) is 0 Å². The largest absolute Gasteiger partial charge is 0.357 e. The van der Waals surface area contributed by atoms with Gasteiger partial charge in [-0.25, -0.2) is 0 Å². The van der Waals surface area contributed by atoms with E-state index in [0.29, 0.717) is 6.04 Å².